The molecule has 0 saturated carbocycles. The van der Waals surface area contributed by atoms with Gasteiger partial charge in [0.1, 0.15) is 23.6 Å². The zero-order chi connectivity index (χ0) is 25.3. The summed E-state index contributed by atoms with van der Waals surface area (Å²) >= 11 is 1.46. The van der Waals surface area contributed by atoms with E-state index in [0.29, 0.717) is 61.8 Å². The first-order valence-electron chi connectivity index (χ1n) is 11.8. The number of nitrogens with one attached hydrogen (secondary N) is 1. The van der Waals surface area contributed by atoms with Crippen LogP contribution in [0.3, 0.4) is 0 Å². The lowest BCUT2D eigenvalue weighted by molar-refractivity contribution is -0.137. The van der Waals surface area contributed by atoms with Crippen molar-refractivity contribution in [3.8, 4) is 5.75 Å². The Morgan fingerprint density at radius 3 is 2.72 bits per heavy atom. The summed E-state index contributed by atoms with van der Waals surface area (Å²) in [5.41, 5.74) is 1.34. The number of carbonyl (C=O) groups excluding carboxylic acids is 2. The lowest BCUT2D eigenvalue weighted by Gasteiger charge is -2.31. The largest absolute Gasteiger partial charge is 0.506 e. The van der Waals surface area contributed by atoms with Crippen molar-refractivity contribution in [1.29, 1.82) is 0 Å². The van der Waals surface area contributed by atoms with Gasteiger partial charge < -0.3 is 29.5 Å². The smallest absolute Gasteiger partial charge is 0.275 e. The number of ether oxygens (including phenoxy) is 3. The van der Waals surface area contributed by atoms with E-state index in [4.69, 9.17) is 14.2 Å². The molecule has 1 saturated heterocycles. The topological polar surface area (TPSA) is 123 Å². The van der Waals surface area contributed by atoms with Gasteiger partial charge in [-0.2, -0.15) is 0 Å². The fourth-order valence-corrected chi connectivity index (χ4v) is 4.99. The number of nitrogens with zero attached hydrogens (tertiary/aromatic N) is 3. The highest BCUT2D eigenvalue weighted by Crippen LogP contribution is 2.32. The molecular formula is C25H30N4O6S. The molecule has 1 fully saturated rings. The first-order valence-corrected chi connectivity index (χ1v) is 12.7. The zero-order valence-electron chi connectivity index (χ0n) is 20.1. The van der Waals surface area contributed by atoms with E-state index < -0.39 is 0 Å². The van der Waals surface area contributed by atoms with Gasteiger partial charge in [-0.05, 0) is 37.1 Å². The average molecular weight is 515 g/mol. The van der Waals surface area contributed by atoms with E-state index in [1.807, 2.05) is 4.90 Å². The first kappa shape index (κ1) is 26.0. The first-order chi connectivity index (χ1) is 17.6. The Hall–Kier alpha value is -3.12. The van der Waals surface area contributed by atoms with Crippen molar-refractivity contribution < 1.29 is 28.9 Å². The Labute approximate surface area is 213 Å². The maximum atomic E-state index is 12.8. The molecule has 36 heavy (non-hydrogen) atoms. The van der Waals surface area contributed by atoms with Crippen molar-refractivity contribution >= 4 is 39.7 Å². The number of phenols is 1. The number of piperidine rings is 1. The summed E-state index contributed by atoms with van der Waals surface area (Å²) in [7, 11) is 1.62. The highest BCUT2D eigenvalue weighted by atomic mass is 32.1. The highest BCUT2D eigenvalue weighted by Gasteiger charge is 2.26. The predicted molar refractivity (Wildman–Crippen MR) is 136 cm³/mol. The minimum Gasteiger partial charge on any atom is -0.506 e. The molecule has 3 heterocycles. The molecule has 1 aromatic carbocycles. The minimum absolute atomic E-state index is 0.0276. The maximum Gasteiger partial charge on any atom is 0.275 e. The number of likely N-dealkylation sites (tertiary alicyclic amines) is 1. The fraction of sp³-hybridized carbons (Fsp3) is 0.440. The summed E-state index contributed by atoms with van der Waals surface area (Å²) in [5, 5.41) is 16.2. The molecule has 0 radical (unpaired) electrons. The van der Waals surface area contributed by atoms with Crippen LogP contribution in [0.25, 0.3) is 10.9 Å². The number of anilines is 1. The molecule has 0 atom stereocenters. The van der Waals surface area contributed by atoms with Crippen molar-refractivity contribution in [1.82, 2.24) is 14.9 Å². The number of methoxy groups -OCH3 is 1. The van der Waals surface area contributed by atoms with Crippen molar-refractivity contribution in [3.63, 3.8) is 0 Å². The number of hydrogen-bond donors (Lipinski definition) is 2. The van der Waals surface area contributed by atoms with Crippen LogP contribution in [0.2, 0.25) is 0 Å². The molecule has 3 aromatic rings. The normalized spacial score (nSPS) is 14.3. The van der Waals surface area contributed by atoms with Gasteiger partial charge in [-0.1, -0.05) is 0 Å². The molecule has 10 nitrogen and oxygen atoms in total. The Morgan fingerprint density at radius 1 is 1.14 bits per heavy atom. The molecule has 2 N–H and O–H groups in total. The Kier molecular flexibility index (Phi) is 9.17. The second-order valence-electron chi connectivity index (χ2n) is 8.37. The quantitative estimate of drug-likeness (QED) is 0.296. The van der Waals surface area contributed by atoms with Gasteiger partial charge in [0.05, 0.1) is 37.1 Å². The van der Waals surface area contributed by atoms with E-state index in [9.17, 15) is 14.7 Å². The van der Waals surface area contributed by atoms with Crippen LogP contribution >= 0.6 is 11.3 Å². The van der Waals surface area contributed by atoms with Crippen LogP contribution in [0.1, 0.15) is 34.3 Å². The van der Waals surface area contributed by atoms with Crippen LogP contribution in [0, 0.1) is 0 Å². The Balaban J connectivity index is 1.25. The average Bonchev–Trinajstić information content (AvgIpc) is 3.40. The lowest BCUT2D eigenvalue weighted by Crippen LogP contribution is -2.40. The molecule has 2 amide bonds. The van der Waals surface area contributed by atoms with Crippen molar-refractivity contribution in [2.24, 2.45) is 0 Å². The van der Waals surface area contributed by atoms with Gasteiger partial charge in [-0.25, -0.2) is 4.98 Å². The minimum atomic E-state index is -0.315. The molecule has 11 heteroatoms. The third-order valence-corrected chi connectivity index (χ3v) is 6.98. The third-order valence-electron chi connectivity index (χ3n) is 5.98. The SMILES string of the molecule is COCCOCCOCC(=O)N1CCC(c2nc(C(=O)Nc3ccc(O)c4ncccc34)cs2)CC1. The molecule has 2 aromatic heterocycles. The molecule has 192 valence electrons. The van der Waals surface area contributed by atoms with E-state index in [0.717, 1.165) is 17.8 Å². The summed E-state index contributed by atoms with van der Waals surface area (Å²) in [4.78, 5) is 35.8. The fourth-order valence-electron chi connectivity index (χ4n) is 4.02. The van der Waals surface area contributed by atoms with E-state index in [-0.39, 0.29) is 30.1 Å². The standard InChI is InChI=1S/C25H30N4O6S/c1-33-11-12-34-13-14-35-15-22(31)29-9-6-17(7-10-29)25-28-20(16-36-25)24(32)27-19-4-5-21(30)23-18(19)3-2-8-26-23/h2-5,8,16-17,30H,6-7,9-15H2,1H3,(H,27,32). The molecule has 1 aliphatic rings. The Morgan fingerprint density at radius 2 is 1.92 bits per heavy atom. The number of carbonyl (C=O) groups is 2. The number of aromatic hydroxyl groups is 1. The van der Waals surface area contributed by atoms with E-state index in [1.54, 1.807) is 36.9 Å². The molecule has 0 bridgehead atoms. The van der Waals surface area contributed by atoms with Crippen LogP contribution in [0.15, 0.2) is 35.8 Å². The number of thiazole rings is 1. The lowest BCUT2D eigenvalue weighted by atomic mass is 9.97. The second-order valence-corrected chi connectivity index (χ2v) is 9.26. The molecule has 0 spiro atoms. The monoisotopic (exact) mass is 514 g/mol. The molecule has 4 rings (SSSR count). The molecule has 1 aliphatic heterocycles. The van der Waals surface area contributed by atoms with Crippen molar-refractivity contribution in [3.05, 3.63) is 46.5 Å². The van der Waals surface area contributed by atoms with Crippen molar-refractivity contribution in [2.75, 3.05) is 58.6 Å². The molecule has 0 unspecified atom stereocenters. The summed E-state index contributed by atoms with van der Waals surface area (Å²) in [5.74, 6) is -0.0817. The summed E-state index contributed by atoms with van der Waals surface area (Å²) in [6.45, 7) is 3.14. The Bertz CT molecular complexity index is 1180. The number of benzene rings is 1. The second kappa shape index (κ2) is 12.7. The van der Waals surface area contributed by atoms with E-state index >= 15 is 0 Å². The number of phenolic OH excluding ortho intramolecular Hbond substituents is 1. The van der Waals surface area contributed by atoms with Gasteiger partial charge >= 0.3 is 0 Å². The summed E-state index contributed by atoms with van der Waals surface area (Å²) in [6.07, 6.45) is 3.16. The van der Waals surface area contributed by atoms with Gasteiger partial charge in [0.2, 0.25) is 5.91 Å². The maximum absolute atomic E-state index is 12.8. The van der Waals surface area contributed by atoms with Gasteiger partial charge in [-0.3, -0.25) is 14.6 Å². The zero-order valence-corrected chi connectivity index (χ0v) is 21.0. The number of pyridine rings is 1. The number of amides is 2. The van der Waals surface area contributed by atoms with Gasteiger partial charge in [0.15, 0.2) is 0 Å². The van der Waals surface area contributed by atoms with Crippen LogP contribution in [0.4, 0.5) is 5.69 Å². The van der Waals surface area contributed by atoms with Gasteiger partial charge in [0.25, 0.3) is 5.91 Å². The van der Waals surface area contributed by atoms with E-state index in [2.05, 4.69) is 15.3 Å². The number of aromatic nitrogens is 2. The predicted octanol–water partition coefficient (Wildman–Crippen LogP) is 3.03. The van der Waals surface area contributed by atoms with Crippen LogP contribution < -0.4 is 5.32 Å². The van der Waals surface area contributed by atoms with Crippen LogP contribution in [-0.2, 0) is 19.0 Å². The number of hydrogen-bond acceptors (Lipinski definition) is 9. The van der Waals surface area contributed by atoms with E-state index in [1.165, 1.54) is 17.4 Å². The molecule has 0 aliphatic carbocycles. The summed E-state index contributed by atoms with van der Waals surface area (Å²) in [6, 6.07) is 6.70. The molecular weight excluding hydrogens is 484 g/mol. The number of fused-ring (bicyclic) bond motifs is 1. The number of rotatable bonds is 11. The third kappa shape index (κ3) is 6.55. The van der Waals surface area contributed by atoms with Crippen molar-refractivity contribution in [2.45, 2.75) is 18.8 Å². The van der Waals surface area contributed by atoms with Crippen LogP contribution in [0.5, 0.6) is 5.75 Å². The van der Waals surface area contributed by atoms with Gasteiger partial charge in [0, 0.05) is 43.1 Å². The van der Waals surface area contributed by atoms with Crippen LogP contribution in [-0.4, -0.2) is 85.0 Å². The van der Waals surface area contributed by atoms with Gasteiger partial charge in [-0.15, -0.1) is 11.3 Å². The summed E-state index contributed by atoms with van der Waals surface area (Å²) < 4.78 is 15.6. The highest BCUT2D eigenvalue weighted by molar-refractivity contribution is 7.10.